The molecule has 0 aliphatic carbocycles. The van der Waals surface area contributed by atoms with Crippen molar-refractivity contribution in [2.75, 3.05) is 31.5 Å². The molecule has 4 rings (SSSR count). The number of ether oxygens (including phenoxy) is 1. The van der Waals surface area contributed by atoms with Crippen LogP contribution in [0.1, 0.15) is 27.3 Å². The highest BCUT2D eigenvalue weighted by Gasteiger charge is 2.33. The SMILES string of the molecule is Cc1nc(C)c(C(=O)N2CCN(S(=O)(=O)c3ccc4c(c3)NC(=O)[C@@H](C)O4)CC2)s1. The zero-order chi connectivity index (χ0) is 21.6. The Morgan fingerprint density at radius 2 is 1.93 bits per heavy atom. The van der Waals surface area contributed by atoms with E-state index < -0.39 is 16.1 Å². The fraction of sp³-hybridized carbons (Fsp3) is 0.421. The summed E-state index contributed by atoms with van der Waals surface area (Å²) in [5.41, 5.74) is 1.04. The first-order chi connectivity index (χ1) is 14.2. The van der Waals surface area contributed by atoms with Gasteiger partial charge in [-0.25, -0.2) is 13.4 Å². The topological polar surface area (TPSA) is 109 Å². The second-order valence-corrected chi connectivity index (χ2v) is 10.4. The van der Waals surface area contributed by atoms with Gasteiger partial charge in [0, 0.05) is 26.2 Å². The number of rotatable bonds is 3. The van der Waals surface area contributed by atoms with Gasteiger partial charge >= 0.3 is 0 Å². The fourth-order valence-electron chi connectivity index (χ4n) is 3.50. The Morgan fingerprint density at radius 1 is 1.23 bits per heavy atom. The van der Waals surface area contributed by atoms with Gasteiger partial charge < -0.3 is 15.0 Å². The molecular weight excluding hydrogens is 428 g/mol. The molecule has 11 heteroatoms. The van der Waals surface area contributed by atoms with E-state index in [9.17, 15) is 18.0 Å². The number of thiazole rings is 1. The highest BCUT2D eigenvalue weighted by atomic mass is 32.2. The predicted molar refractivity (Wildman–Crippen MR) is 111 cm³/mol. The van der Waals surface area contributed by atoms with E-state index in [-0.39, 0.29) is 29.8 Å². The van der Waals surface area contributed by atoms with E-state index in [0.717, 1.165) is 5.01 Å². The van der Waals surface area contributed by atoms with Crippen molar-refractivity contribution in [2.24, 2.45) is 0 Å². The third-order valence-corrected chi connectivity index (χ3v) is 8.10. The molecule has 2 amide bonds. The van der Waals surface area contributed by atoms with Gasteiger partial charge in [0.05, 0.1) is 21.3 Å². The second kappa shape index (κ2) is 7.64. The average Bonchev–Trinajstić information content (AvgIpc) is 3.06. The Labute approximate surface area is 178 Å². The van der Waals surface area contributed by atoms with E-state index in [1.165, 1.54) is 27.8 Å². The number of nitrogens with zero attached hydrogens (tertiary/aromatic N) is 3. The molecule has 2 aromatic rings. The Bertz CT molecular complexity index is 1120. The van der Waals surface area contributed by atoms with Crippen LogP contribution in [0.5, 0.6) is 5.75 Å². The van der Waals surface area contributed by atoms with E-state index >= 15 is 0 Å². The second-order valence-electron chi connectivity index (χ2n) is 7.25. The van der Waals surface area contributed by atoms with E-state index in [1.54, 1.807) is 24.8 Å². The lowest BCUT2D eigenvalue weighted by Gasteiger charge is -2.34. The van der Waals surface area contributed by atoms with Crippen molar-refractivity contribution in [1.82, 2.24) is 14.2 Å². The maximum Gasteiger partial charge on any atom is 0.265 e. The zero-order valence-electron chi connectivity index (χ0n) is 16.8. The van der Waals surface area contributed by atoms with Crippen LogP contribution in [-0.2, 0) is 14.8 Å². The van der Waals surface area contributed by atoms with Crippen molar-refractivity contribution in [3.63, 3.8) is 0 Å². The Hall–Kier alpha value is -2.50. The minimum Gasteiger partial charge on any atom is -0.479 e. The molecule has 2 aliphatic rings. The van der Waals surface area contributed by atoms with Crippen molar-refractivity contribution in [2.45, 2.75) is 31.8 Å². The summed E-state index contributed by atoms with van der Waals surface area (Å²) in [6.07, 6.45) is -0.628. The van der Waals surface area contributed by atoms with Gasteiger partial charge in [0.15, 0.2) is 6.10 Å². The van der Waals surface area contributed by atoms with Gasteiger partial charge in [-0.2, -0.15) is 4.31 Å². The van der Waals surface area contributed by atoms with Crippen LogP contribution in [0.25, 0.3) is 0 Å². The summed E-state index contributed by atoms with van der Waals surface area (Å²) in [6.45, 7) is 6.28. The Kier molecular flexibility index (Phi) is 5.28. The lowest BCUT2D eigenvalue weighted by Crippen LogP contribution is -2.50. The number of aromatic nitrogens is 1. The number of anilines is 1. The molecule has 1 aromatic heterocycles. The Balaban J connectivity index is 1.48. The molecule has 0 bridgehead atoms. The number of carbonyl (C=O) groups is 2. The molecule has 1 N–H and O–H groups in total. The zero-order valence-corrected chi connectivity index (χ0v) is 18.5. The van der Waals surface area contributed by atoms with Gasteiger partial charge in [0.1, 0.15) is 10.6 Å². The number of hydrogen-bond donors (Lipinski definition) is 1. The van der Waals surface area contributed by atoms with Crippen molar-refractivity contribution in [3.8, 4) is 5.75 Å². The van der Waals surface area contributed by atoms with Gasteiger partial charge in [0.2, 0.25) is 10.0 Å². The van der Waals surface area contributed by atoms with E-state index in [1.807, 2.05) is 6.92 Å². The predicted octanol–water partition coefficient (Wildman–Crippen LogP) is 1.63. The summed E-state index contributed by atoms with van der Waals surface area (Å²) in [5.74, 6) is 0.00219. The van der Waals surface area contributed by atoms with Crippen molar-refractivity contribution >= 4 is 38.9 Å². The van der Waals surface area contributed by atoms with Crippen LogP contribution in [0.2, 0.25) is 0 Å². The van der Waals surface area contributed by atoms with Gasteiger partial charge in [-0.1, -0.05) is 0 Å². The number of carbonyl (C=O) groups excluding carboxylic acids is 2. The Morgan fingerprint density at radius 3 is 2.57 bits per heavy atom. The summed E-state index contributed by atoms with van der Waals surface area (Å²) < 4.78 is 33.0. The molecule has 0 unspecified atom stereocenters. The number of benzene rings is 1. The number of amides is 2. The summed E-state index contributed by atoms with van der Waals surface area (Å²) in [4.78, 5) is 31.2. The number of nitrogens with one attached hydrogen (secondary N) is 1. The van der Waals surface area contributed by atoms with Gasteiger partial charge in [-0.3, -0.25) is 9.59 Å². The highest BCUT2D eigenvalue weighted by Crippen LogP contribution is 2.33. The average molecular weight is 451 g/mol. The molecule has 1 saturated heterocycles. The molecule has 0 radical (unpaired) electrons. The molecule has 30 heavy (non-hydrogen) atoms. The molecule has 160 valence electrons. The third kappa shape index (κ3) is 3.68. The molecule has 3 heterocycles. The molecule has 0 saturated carbocycles. The number of fused-ring (bicyclic) bond motifs is 1. The molecule has 1 fully saturated rings. The highest BCUT2D eigenvalue weighted by molar-refractivity contribution is 7.89. The minimum absolute atomic E-state index is 0.0772. The summed E-state index contributed by atoms with van der Waals surface area (Å²) in [5, 5.41) is 3.50. The molecule has 2 aliphatic heterocycles. The quantitative estimate of drug-likeness (QED) is 0.761. The number of sulfonamides is 1. The fourth-order valence-corrected chi connectivity index (χ4v) is 5.84. The first kappa shape index (κ1) is 20.8. The van der Waals surface area contributed by atoms with Gasteiger partial charge in [0.25, 0.3) is 11.8 Å². The molecular formula is C19H22N4O5S2. The summed E-state index contributed by atoms with van der Waals surface area (Å²) >= 11 is 1.35. The van der Waals surface area contributed by atoms with Crippen molar-refractivity contribution < 1.29 is 22.7 Å². The first-order valence-corrected chi connectivity index (χ1v) is 11.8. The minimum atomic E-state index is -3.77. The largest absolute Gasteiger partial charge is 0.479 e. The van der Waals surface area contributed by atoms with Crippen LogP contribution in [0.4, 0.5) is 5.69 Å². The van der Waals surface area contributed by atoms with Gasteiger partial charge in [-0.05, 0) is 39.0 Å². The van der Waals surface area contributed by atoms with Gasteiger partial charge in [-0.15, -0.1) is 11.3 Å². The lowest BCUT2D eigenvalue weighted by molar-refractivity contribution is -0.122. The lowest BCUT2D eigenvalue weighted by atomic mass is 10.2. The first-order valence-electron chi connectivity index (χ1n) is 9.52. The monoisotopic (exact) mass is 450 g/mol. The van der Waals surface area contributed by atoms with Crippen LogP contribution in [0, 0.1) is 13.8 Å². The van der Waals surface area contributed by atoms with Crippen molar-refractivity contribution in [3.05, 3.63) is 33.8 Å². The van der Waals surface area contributed by atoms with Crippen LogP contribution >= 0.6 is 11.3 Å². The summed E-state index contributed by atoms with van der Waals surface area (Å²) in [7, 11) is -3.77. The van der Waals surface area contributed by atoms with Crippen LogP contribution in [0.15, 0.2) is 23.1 Å². The van der Waals surface area contributed by atoms with Crippen molar-refractivity contribution in [1.29, 1.82) is 0 Å². The standard InChI is InChI=1S/C19H22N4O5S2/c1-11-17(29-13(3)20-11)19(25)22-6-8-23(9-7-22)30(26,27)14-4-5-16-15(10-14)21-18(24)12(2)28-16/h4-5,10,12H,6-9H2,1-3H3,(H,21,24)/t12-/m1/s1. The maximum absolute atomic E-state index is 13.1. The van der Waals surface area contributed by atoms with E-state index in [4.69, 9.17) is 4.74 Å². The normalized spacial score (nSPS) is 19.8. The molecule has 1 atom stereocenters. The number of hydrogen-bond acceptors (Lipinski definition) is 7. The number of piperazine rings is 1. The van der Waals surface area contributed by atoms with Crippen LogP contribution in [0.3, 0.4) is 0 Å². The number of aryl methyl sites for hydroxylation is 2. The summed E-state index contributed by atoms with van der Waals surface area (Å²) in [6, 6.07) is 4.43. The van der Waals surface area contributed by atoms with E-state index in [2.05, 4.69) is 10.3 Å². The molecule has 0 spiro atoms. The van der Waals surface area contributed by atoms with Crippen LogP contribution in [-0.4, -0.2) is 66.7 Å². The molecule has 9 nitrogen and oxygen atoms in total. The maximum atomic E-state index is 13.1. The third-order valence-electron chi connectivity index (χ3n) is 5.14. The smallest absolute Gasteiger partial charge is 0.265 e. The van der Waals surface area contributed by atoms with E-state index in [0.29, 0.717) is 35.1 Å². The van der Waals surface area contributed by atoms with Crippen LogP contribution < -0.4 is 10.1 Å². The molecule has 1 aromatic carbocycles.